The van der Waals surface area contributed by atoms with Gasteiger partial charge in [0, 0.05) is 38.3 Å². The van der Waals surface area contributed by atoms with E-state index in [1.165, 1.54) is 0 Å². The lowest BCUT2D eigenvalue weighted by Gasteiger charge is -2.35. The van der Waals surface area contributed by atoms with Crippen molar-refractivity contribution >= 4 is 5.91 Å². The third-order valence-electron chi connectivity index (χ3n) is 5.25. The molecule has 1 aromatic rings. The highest BCUT2D eigenvalue weighted by Gasteiger charge is 2.35. The Balaban J connectivity index is 1.47. The molecule has 0 aliphatic carbocycles. The average molecular weight is 342 g/mol. The molecule has 1 N–H and O–H groups in total. The smallest absolute Gasteiger partial charge is 0.234 e. The normalized spacial score (nSPS) is 24.8. The standard InChI is InChI=1S/C19H26N4O2/c1-15-18(22-7-9-25-10-8-22)5-6-23(15)14-19(24)21-13-17-4-2-3-16(11-17)12-20/h2-4,11,15,18H,5-10,13-14H2,1H3,(H,21,24)/t15-,18-/m1/s1. The number of benzene rings is 1. The molecular weight excluding hydrogens is 316 g/mol. The van der Waals surface area contributed by atoms with Crippen LogP contribution >= 0.6 is 0 Å². The van der Waals surface area contributed by atoms with Crippen LogP contribution in [0.5, 0.6) is 0 Å². The molecule has 6 nitrogen and oxygen atoms in total. The molecular formula is C19H26N4O2. The second-order valence-electron chi connectivity index (χ2n) is 6.80. The summed E-state index contributed by atoms with van der Waals surface area (Å²) in [5, 5.41) is 11.9. The third-order valence-corrected chi connectivity index (χ3v) is 5.25. The predicted molar refractivity (Wildman–Crippen MR) is 94.8 cm³/mol. The van der Waals surface area contributed by atoms with Crippen molar-refractivity contribution in [2.75, 3.05) is 39.4 Å². The highest BCUT2D eigenvalue weighted by atomic mass is 16.5. The number of hydrogen-bond acceptors (Lipinski definition) is 5. The average Bonchev–Trinajstić information content (AvgIpc) is 3.01. The van der Waals surface area contributed by atoms with Crippen LogP contribution in [0.4, 0.5) is 0 Å². The zero-order chi connectivity index (χ0) is 17.6. The van der Waals surface area contributed by atoms with Gasteiger partial charge in [0.2, 0.25) is 5.91 Å². The van der Waals surface area contributed by atoms with E-state index in [0.29, 0.717) is 30.7 Å². The Morgan fingerprint density at radius 1 is 1.36 bits per heavy atom. The molecule has 2 aliphatic rings. The summed E-state index contributed by atoms with van der Waals surface area (Å²) in [5.74, 6) is 0.0387. The number of nitrogens with one attached hydrogen (secondary N) is 1. The SMILES string of the molecule is C[C@@H]1[C@H](N2CCOCC2)CCN1CC(=O)NCc1cccc(C#N)c1. The van der Waals surface area contributed by atoms with Gasteiger partial charge in [-0.2, -0.15) is 5.26 Å². The first-order valence-corrected chi connectivity index (χ1v) is 8.99. The molecule has 0 saturated carbocycles. The van der Waals surface area contributed by atoms with E-state index in [-0.39, 0.29) is 5.91 Å². The molecule has 0 radical (unpaired) electrons. The van der Waals surface area contributed by atoms with Crippen molar-refractivity contribution in [2.45, 2.75) is 32.0 Å². The van der Waals surface area contributed by atoms with Crippen LogP contribution in [0.3, 0.4) is 0 Å². The Morgan fingerprint density at radius 2 is 2.16 bits per heavy atom. The number of carbonyl (C=O) groups is 1. The summed E-state index contributed by atoms with van der Waals surface area (Å²) in [6.45, 7) is 7.67. The van der Waals surface area contributed by atoms with Gasteiger partial charge in [-0.25, -0.2) is 0 Å². The van der Waals surface area contributed by atoms with Crippen molar-refractivity contribution in [3.05, 3.63) is 35.4 Å². The van der Waals surface area contributed by atoms with Gasteiger partial charge in [0.25, 0.3) is 0 Å². The summed E-state index contributed by atoms with van der Waals surface area (Å²) in [5.41, 5.74) is 1.57. The molecule has 2 saturated heterocycles. The number of nitriles is 1. The van der Waals surface area contributed by atoms with Crippen LogP contribution in [-0.4, -0.2) is 67.2 Å². The summed E-state index contributed by atoms with van der Waals surface area (Å²) in [7, 11) is 0. The molecule has 2 heterocycles. The summed E-state index contributed by atoms with van der Waals surface area (Å²) in [6, 6.07) is 10.4. The summed E-state index contributed by atoms with van der Waals surface area (Å²) < 4.78 is 5.44. The van der Waals surface area contributed by atoms with Crippen molar-refractivity contribution < 1.29 is 9.53 Å². The van der Waals surface area contributed by atoms with E-state index in [9.17, 15) is 4.79 Å². The Morgan fingerprint density at radius 3 is 2.92 bits per heavy atom. The number of ether oxygens (including phenoxy) is 1. The minimum atomic E-state index is 0.0387. The Kier molecular flexibility index (Phi) is 6.03. The van der Waals surface area contributed by atoms with Gasteiger partial charge in [-0.15, -0.1) is 0 Å². The van der Waals surface area contributed by atoms with E-state index in [2.05, 4.69) is 28.1 Å². The quantitative estimate of drug-likeness (QED) is 0.864. The second kappa shape index (κ2) is 8.43. The van der Waals surface area contributed by atoms with Crippen molar-refractivity contribution in [1.29, 1.82) is 5.26 Å². The van der Waals surface area contributed by atoms with Gasteiger partial charge in [-0.1, -0.05) is 12.1 Å². The molecule has 1 aromatic carbocycles. The molecule has 25 heavy (non-hydrogen) atoms. The largest absolute Gasteiger partial charge is 0.379 e. The molecule has 0 aromatic heterocycles. The van der Waals surface area contributed by atoms with Crippen LogP contribution in [0, 0.1) is 11.3 Å². The number of hydrogen-bond donors (Lipinski definition) is 1. The van der Waals surface area contributed by atoms with E-state index in [1.807, 2.05) is 18.2 Å². The lowest BCUT2D eigenvalue weighted by molar-refractivity contribution is -0.122. The number of amides is 1. The fraction of sp³-hybridized carbons (Fsp3) is 0.579. The van der Waals surface area contributed by atoms with E-state index in [0.717, 1.165) is 44.8 Å². The van der Waals surface area contributed by atoms with E-state index >= 15 is 0 Å². The maximum absolute atomic E-state index is 12.3. The number of rotatable bonds is 5. The first-order valence-electron chi connectivity index (χ1n) is 8.99. The van der Waals surface area contributed by atoms with Gasteiger partial charge in [0.15, 0.2) is 0 Å². The number of nitrogens with zero attached hydrogens (tertiary/aromatic N) is 3. The Hall–Kier alpha value is -1.94. The Labute approximate surface area is 149 Å². The van der Waals surface area contributed by atoms with Crippen molar-refractivity contribution in [3.8, 4) is 6.07 Å². The second-order valence-corrected chi connectivity index (χ2v) is 6.80. The molecule has 0 unspecified atom stereocenters. The lowest BCUT2D eigenvalue weighted by atomic mass is 10.1. The Bertz CT molecular complexity index is 637. The lowest BCUT2D eigenvalue weighted by Crippen LogP contribution is -2.49. The monoisotopic (exact) mass is 342 g/mol. The zero-order valence-corrected chi connectivity index (χ0v) is 14.8. The number of likely N-dealkylation sites (tertiary alicyclic amines) is 1. The van der Waals surface area contributed by atoms with Crippen LogP contribution in [0.25, 0.3) is 0 Å². The van der Waals surface area contributed by atoms with Gasteiger partial charge in [0.1, 0.15) is 0 Å². The summed E-state index contributed by atoms with van der Waals surface area (Å²) in [4.78, 5) is 17.1. The highest BCUT2D eigenvalue weighted by Crippen LogP contribution is 2.23. The molecule has 2 aliphatic heterocycles. The summed E-state index contributed by atoms with van der Waals surface area (Å²) in [6.07, 6.45) is 1.11. The van der Waals surface area contributed by atoms with Crippen LogP contribution in [0.15, 0.2) is 24.3 Å². The maximum atomic E-state index is 12.3. The van der Waals surface area contributed by atoms with Crippen LogP contribution in [0.2, 0.25) is 0 Å². The first kappa shape index (κ1) is 17.9. The molecule has 134 valence electrons. The minimum Gasteiger partial charge on any atom is -0.379 e. The van der Waals surface area contributed by atoms with Crippen LogP contribution in [-0.2, 0) is 16.1 Å². The minimum absolute atomic E-state index is 0.0387. The predicted octanol–water partition coefficient (Wildman–Crippen LogP) is 0.969. The van der Waals surface area contributed by atoms with Crippen molar-refractivity contribution in [1.82, 2.24) is 15.1 Å². The molecule has 2 atom stereocenters. The summed E-state index contributed by atoms with van der Waals surface area (Å²) >= 11 is 0. The van der Waals surface area contributed by atoms with E-state index < -0.39 is 0 Å². The first-order chi connectivity index (χ1) is 12.2. The van der Waals surface area contributed by atoms with Crippen LogP contribution < -0.4 is 5.32 Å². The fourth-order valence-electron chi connectivity index (χ4n) is 3.80. The van der Waals surface area contributed by atoms with Crippen molar-refractivity contribution in [3.63, 3.8) is 0 Å². The fourth-order valence-corrected chi connectivity index (χ4v) is 3.80. The van der Waals surface area contributed by atoms with Gasteiger partial charge < -0.3 is 10.1 Å². The highest BCUT2D eigenvalue weighted by molar-refractivity contribution is 5.78. The molecule has 6 heteroatoms. The third kappa shape index (κ3) is 4.57. The van der Waals surface area contributed by atoms with Gasteiger partial charge in [0.05, 0.1) is 31.4 Å². The molecule has 0 spiro atoms. The van der Waals surface area contributed by atoms with E-state index in [4.69, 9.17) is 10.00 Å². The molecule has 0 bridgehead atoms. The zero-order valence-electron chi connectivity index (χ0n) is 14.8. The topological polar surface area (TPSA) is 68.6 Å². The number of morpholine rings is 1. The maximum Gasteiger partial charge on any atom is 0.234 e. The van der Waals surface area contributed by atoms with Gasteiger partial charge in [-0.05, 0) is 31.0 Å². The molecule has 2 fully saturated rings. The van der Waals surface area contributed by atoms with Gasteiger partial charge in [-0.3, -0.25) is 14.6 Å². The molecule has 1 amide bonds. The van der Waals surface area contributed by atoms with Crippen molar-refractivity contribution in [2.24, 2.45) is 0 Å². The molecule has 3 rings (SSSR count). The van der Waals surface area contributed by atoms with E-state index in [1.54, 1.807) is 6.07 Å². The number of carbonyl (C=O) groups excluding carboxylic acids is 1. The van der Waals surface area contributed by atoms with Crippen LogP contribution in [0.1, 0.15) is 24.5 Å². The van der Waals surface area contributed by atoms with Gasteiger partial charge >= 0.3 is 0 Å².